The Hall–Kier alpha value is -3.72. The van der Waals surface area contributed by atoms with Crippen LogP contribution in [-0.4, -0.2) is 32.9 Å². The van der Waals surface area contributed by atoms with Gasteiger partial charge in [-0.25, -0.2) is 19.9 Å². The number of benzene rings is 1. The normalized spacial score (nSPS) is 11.0. The van der Waals surface area contributed by atoms with Crippen LogP contribution in [0.5, 0.6) is 0 Å². The summed E-state index contributed by atoms with van der Waals surface area (Å²) in [4.78, 5) is 29.8. The van der Waals surface area contributed by atoms with Crippen LogP contribution in [0.4, 0.5) is 17.3 Å². The van der Waals surface area contributed by atoms with Crippen molar-refractivity contribution in [3.8, 4) is 11.3 Å². The Bertz CT molecular complexity index is 1150. The largest absolute Gasteiger partial charge is 0.373 e. The first kappa shape index (κ1) is 23.0. The molecule has 0 aliphatic carbocycles. The Morgan fingerprint density at radius 2 is 2.03 bits per heavy atom. The fraction of sp³-hybridized carbons (Fsp3) is 0.174. The number of carbonyl (C=O) groups is 1. The summed E-state index contributed by atoms with van der Waals surface area (Å²) in [6.45, 7) is 7.69. The monoisotopic (exact) mass is 447 g/mol. The number of thioether (sulfide) groups is 1. The van der Waals surface area contributed by atoms with Crippen LogP contribution in [-0.2, 0) is 0 Å². The second-order valence-corrected chi connectivity index (χ2v) is 7.70. The fourth-order valence-electron chi connectivity index (χ4n) is 2.87. The van der Waals surface area contributed by atoms with Gasteiger partial charge in [-0.2, -0.15) is 0 Å². The average molecular weight is 448 g/mol. The Morgan fingerprint density at radius 3 is 2.78 bits per heavy atom. The summed E-state index contributed by atoms with van der Waals surface area (Å²) in [7, 11) is 1.79. The molecule has 3 N–H and O–H groups in total. The molecule has 0 spiro atoms. The van der Waals surface area contributed by atoms with Crippen molar-refractivity contribution in [3.63, 3.8) is 0 Å². The fourth-order valence-corrected chi connectivity index (χ4v) is 3.47. The maximum Gasteiger partial charge on any atom is 0.256 e. The first-order chi connectivity index (χ1) is 15.5. The molecule has 32 heavy (non-hydrogen) atoms. The van der Waals surface area contributed by atoms with Crippen molar-refractivity contribution in [3.05, 3.63) is 77.3 Å². The molecule has 2 aromatic heterocycles. The molecule has 3 aromatic rings. The van der Waals surface area contributed by atoms with Crippen LogP contribution >= 0.6 is 11.8 Å². The molecule has 0 bridgehead atoms. The van der Waals surface area contributed by atoms with Crippen LogP contribution < -0.4 is 16.0 Å². The predicted molar refractivity (Wildman–Crippen MR) is 131 cm³/mol. The van der Waals surface area contributed by atoms with Crippen molar-refractivity contribution in [1.82, 2.24) is 25.3 Å². The van der Waals surface area contributed by atoms with E-state index in [1.807, 2.05) is 32.1 Å². The Labute approximate surface area is 191 Å². The average Bonchev–Trinajstić information content (AvgIpc) is 2.81. The maximum absolute atomic E-state index is 12.8. The Kier molecular flexibility index (Phi) is 7.93. The van der Waals surface area contributed by atoms with Crippen molar-refractivity contribution < 1.29 is 4.79 Å². The highest BCUT2D eigenvalue weighted by Gasteiger charge is 2.13. The number of aromatic nitrogens is 4. The van der Waals surface area contributed by atoms with Gasteiger partial charge in [-0.15, -0.1) is 0 Å². The van der Waals surface area contributed by atoms with Gasteiger partial charge in [0.1, 0.15) is 24.3 Å². The summed E-state index contributed by atoms with van der Waals surface area (Å²) in [5, 5.41) is 11.7. The molecule has 1 aromatic carbocycles. The van der Waals surface area contributed by atoms with Gasteiger partial charge in [0.25, 0.3) is 5.91 Å². The number of amides is 1. The molecule has 9 heteroatoms. The molecule has 0 aliphatic rings. The molecule has 1 amide bonds. The van der Waals surface area contributed by atoms with Crippen LogP contribution in [0, 0.1) is 6.92 Å². The topological polar surface area (TPSA) is 105 Å². The molecule has 0 saturated carbocycles. The number of allylic oxidation sites excluding steroid dienone is 1. The van der Waals surface area contributed by atoms with Crippen molar-refractivity contribution in [1.29, 1.82) is 0 Å². The highest BCUT2D eigenvalue weighted by Crippen LogP contribution is 2.29. The lowest BCUT2D eigenvalue weighted by molar-refractivity contribution is 0.0969. The lowest BCUT2D eigenvalue weighted by atomic mass is 10.1. The number of nitrogens with one attached hydrogen (secondary N) is 3. The van der Waals surface area contributed by atoms with Gasteiger partial charge in [-0.05, 0) is 36.4 Å². The lowest BCUT2D eigenvalue weighted by Crippen LogP contribution is -2.21. The molecule has 0 saturated heterocycles. The van der Waals surface area contributed by atoms with E-state index < -0.39 is 0 Å². The first-order valence-corrected chi connectivity index (χ1v) is 10.9. The minimum atomic E-state index is -0.195. The van der Waals surface area contributed by atoms with E-state index in [1.54, 1.807) is 30.8 Å². The second kappa shape index (κ2) is 11.1. The van der Waals surface area contributed by atoms with Gasteiger partial charge >= 0.3 is 0 Å². The van der Waals surface area contributed by atoms with E-state index >= 15 is 0 Å². The van der Waals surface area contributed by atoms with Gasteiger partial charge in [0.2, 0.25) is 0 Å². The number of hydrogen-bond donors (Lipinski definition) is 3. The zero-order valence-corrected chi connectivity index (χ0v) is 19.0. The number of aryl methyl sites for hydroxylation is 1. The van der Waals surface area contributed by atoms with Crippen LogP contribution in [0.2, 0.25) is 0 Å². The molecule has 0 radical (unpaired) electrons. The molecule has 8 nitrogen and oxygen atoms in total. The van der Waals surface area contributed by atoms with Crippen LogP contribution in [0.1, 0.15) is 29.3 Å². The molecule has 0 unspecified atom stereocenters. The zero-order valence-electron chi connectivity index (χ0n) is 18.2. The highest BCUT2D eigenvalue weighted by atomic mass is 32.2. The first-order valence-electron chi connectivity index (χ1n) is 10.0. The maximum atomic E-state index is 12.8. The third kappa shape index (κ3) is 5.70. The van der Waals surface area contributed by atoms with Crippen molar-refractivity contribution in [2.24, 2.45) is 0 Å². The number of nitrogens with zero attached hydrogens (tertiary/aromatic N) is 4. The van der Waals surface area contributed by atoms with E-state index in [-0.39, 0.29) is 5.91 Å². The van der Waals surface area contributed by atoms with Crippen LogP contribution in [0.25, 0.3) is 11.3 Å². The molecule has 0 atom stereocenters. The molecule has 2 heterocycles. The lowest BCUT2D eigenvalue weighted by Gasteiger charge is -2.14. The summed E-state index contributed by atoms with van der Waals surface area (Å²) in [6.07, 6.45) is 7.40. The molecular weight excluding hydrogens is 422 g/mol. The molecule has 0 aliphatic heterocycles. The van der Waals surface area contributed by atoms with E-state index in [4.69, 9.17) is 0 Å². The Balaban J connectivity index is 1.90. The van der Waals surface area contributed by atoms with Crippen molar-refractivity contribution in [2.75, 3.05) is 17.7 Å². The summed E-state index contributed by atoms with van der Waals surface area (Å²) >= 11 is 1.38. The standard InChI is InChI=1S/C23H25N7OS/c1-5-7-21(32-6-2)30-23(31)16-9-8-15(3)18(10-16)29-22-17(12-25-13-28-22)19-11-20(24-4)27-14-26-19/h6-14H,2,5H2,1,3-4H3,(H,30,31)(H,24,26,27)(H,25,28,29)/b21-7+. The van der Waals surface area contributed by atoms with E-state index in [9.17, 15) is 4.79 Å². The number of rotatable bonds is 9. The predicted octanol–water partition coefficient (Wildman–Crippen LogP) is 4.89. The van der Waals surface area contributed by atoms with Gasteiger partial charge < -0.3 is 16.0 Å². The molecule has 3 rings (SSSR count). The number of carbonyl (C=O) groups excluding carboxylic acids is 1. The van der Waals surface area contributed by atoms with Crippen molar-refractivity contribution >= 4 is 35.0 Å². The molecular formula is C23H25N7OS. The van der Waals surface area contributed by atoms with E-state index in [0.717, 1.165) is 28.3 Å². The Morgan fingerprint density at radius 1 is 1.19 bits per heavy atom. The minimum absolute atomic E-state index is 0.195. The van der Waals surface area contributed by atoms with Gasteiger partial charge in [0.15, 0.2) is 0 Å². The second-order valence-electron chi connectivity index (χ2n) is 6.69. The summed E-state index contributed by atoms with van der Waals surface area (Å²) in [5.41, 5.74) is 3.65. The highest BCUT2D eigenvalue weighted by molar-refractivity contribution is 8.05. The summed E-state index contributed by atoms with van der Waals surface area (Å²) < 4.78 is 0. The molecule has 0 fully saturated rings. The van der Waals surface area contributed by atoms with Gasteiger partial charge in [-0.1, -0.05) is 37.4 Å². The van der Waals surface area contributed by atoms with Gasteiger partial charge in [0.05, 0.1) is 16.3 Å². The number of anilines is 3. The quantitative estimate of drug-likeness (QED) is 0.426. The minimum Gasteiger partial charge on any atom is -0.373 e. The third-order valence-corrected chi connectivity index (χ3v) is 5.19. The van der Waals surface area contributed by atoms with Crippen LogP contribution in [0.15, 0.2) is 66.2 Å². The summed E-state index contributed by atoms with van der Waals surface area (Å²) in [5.74, 6) is 1.07. The smallest absolute Gasteiger partial charge is 0.256 e. The number of hydrogen-bond acceptors (Lipinski definition) is 8. The molecule has 164 valence electrons. The SMILES string of the molecule is C=CS/C(=C/CC)NC(=O)c1ccc(C)c(Nc2ncncc2-c2cc(NC)ncn2)c1. The van der Waals surface area contributed by atoms with Crippen molar-refractivity contribution in [2.45, 2.75) is 20.3 Å². The van der Waals surface area contributed by atoms with Crippen LogP contribution in [0.3, 0.4) is 0 Å². The summed E-state index contributed by atoms with van der Waals surface area (Å²) in [6, 6.07) is 7.31. The van der Waals surface area contributed by atoms with E-state index in [2.05, 4.69) is 42.5 Å². The van der Waals surface area contributed by atoms with E-state index in [0.29, 0.717) is 22.9 Å². The van der Waals surface area contributed by atoms with Gasteiger partial charge in [-0.3, -0.25) is 4.79 Å². The van der Waals surface area contributed by atoms with E-state index in [1.165, 1.54) is 24.4 Å². The zero-order chi connectivity index (χ0) is 22.9. The van der Waals surface area contributed by atoms with Gasteiger partial charge in [0, 0.05) is 30.6 Å². The third-order valence-electron chi connectivity index (χ3n) is 4.50.